The lowest BCUT2D eigenvalue weighted by molar-refractivity contribution is -0.114. The van der Waals surface area contributed by atoms with Gasteiger partial charge in [-0.15, -0.1) is 0 Å². The number of anilines is 1. The van der Waals surface area contributed by atoms with Gasteiger partial charge in [0.15, 0.2) is 6.10 Å². The summed E-state index contributed by atoms with van der Waals surface area (Å²) in [5.74, 6) is -0.251. The van der Waals surface area contributed by atoms with E-state index in [-0.39, 0.29) is 11.5 Å². The van der Waals surface area contributed by atoms with E-state index < -0.39 is 10.9 Å². The van der Waals surface area contributed by atoms with Crippen LogP contribution in [-0.4, -0.2) is 15.8 Å². The van der Waals surface area contributed by atoms with Crippen LogP contribution in [0.4, 0.5) is 14.5 Å². The number of rotatable bonds is 3. The first-order chi connectivity index (χ1) is 7.30. The van der Waals surface area contributed by atoms with Gasteiger partial charge in [0.25, 0.3) is 0 Å². The van der Waals surface area contributed by atoms with Crippen LogP contribution in [0.3, 0.4) is 0 Å². The molecule has 1 rings (SSSR count). The highest BCUT2D eigenvalue weighted by Crippen LogP contribution is 2.36. The van der Waals surface area contributed by atoms with Crippen molar-refractivity contribution in [1.29, 1.82) is 0 Å². The van der Waals surface area contributed by atoms with Crippen molar-refractivity contribution < 1.29 is 18.7 Å². The molecule has 1 unspecified atom stereocenters. The Labute approximate surface area is 99.6 Å². The second-order valence-corrected chi connectivity index (χ2v) is 4.30. The molecule has 0 spiro atoms. The number of benzene rings is 1. The normalized spacial score (nSPS) is 13.3. The van der Waals surface area contributed by atoms with Gasteiger partial charge >= 0.3 is 4.83 Å². The zero-order valence-corrected chi connectivity index (χ0v) is 9.96. The first-order valence-electron chi connectivity index (χ1n) is 4.43. The Bertz CT molecular complexity index is 375. The summed E-state index contributed by atoms with van der Waals surface area (Å²) in [6.45, 7) is 1.34. The standard InChI is InChI=1S/C10H10BrF2NO2/c1-6(15)14-8-4-2-7(3-5-8)9(16)10(11,12)13/h2-5,9,16H,1H3,(H,14,15). The van der Waals surface area contributed by atoms with Crippen LogP contribution in [0.25, 0.3) is 0 Å². The van der Waals surface area contributed by atoms with E-state index in [1.54, 1.807) is 0 Å². The molecule has 0 aliphatic heterocycles. The fraction of sp³-hybridized carbons (Fsp3) is 0.300. The fourth-order valence-electron chi connectivity index (χ4n) is 1.14. The quantitative estimate of drug-likeness (QED) is 0.842. The van der Waals surface area contributed by atoms with E-state index in [4.69, 9.17) is 0 Å². The molecular formula is C10H10BrF2NO2. The molecule has 0 aromatic heterocycles. The minimum Gasteiger partial charge on any atom is -0.381 e. The SMILES string of the molecule is CC(=O)Nc1ccc(C(O)C(F)(F)Br)cc1. The van der Waals surface area contributed by atoms with Crippen molar-refractivity contribution >= 4 is 27.5 Å². The summed E-state index contributed by atoms with van der Waals surface area (Å²) in [5, 5.41) is 11.7. The molecular weight excluding hydrogens is 284 g/mol. The van der Waals surface area contributed by atoms with E-state index >= 15 is 0 Å². The van der Waals surface area contributed by atoms with Crippen LogP contribution < -0.4 is 5.32 Å². The summed E-state index contributed by atoms with van der Waals surface area (Å²) in [4.78, 5) is 7.33. The van der Waals surface area contributed by atoms with Gasteiger partial charge in [-0.2, -0.15) is 8.78 Å². The number of halogens is 3. The Balaban J connectivity index is 2.83. The Hall–Kier alpha value is -1.01. The molecule has 6 heteroatoms. The molecule has 0 radical (unpaired) electrons. The molecule has 1 aromatic rings. The molecule has 0 fully saturated rings. The van der Waals surface area contributed by atoms with Crippen LogP contribution in [0.15, 0.2) is 24.3 Å². The Morgan fingerprint density at radius 3 is 2.31 bits per heavy atom. The lowest BCUT2D eigenvalue weighted by atomic mass is 10.1. The minimum absolute atomic E-state index is 0.0657. The molecule has 3 nitrogen and oxygen atoms in total. The van der Waals surface area contributed by atoms with Crippen LogP contribution in [0, 0.1) is 0 Å². The first-order valence-corrected chi connectivity index (χ1v) is 5.22. The van der Waals surface area contributed by atoms with Crippen molar-refractivity contribution in [3.63, 3.8) is 0 Å². The molecule has 0 saturated heterocycles. The van der Waals surface area contributed by atoms with Gasteiger partial charge in [-0.1, -0.05) is 12.1 Å². The number of aliphatic hydroxyl groups excluding tert-OH is 1. The van der Waals surface area contributed by atoms with E-state index in [2.05, 4.69) is 21.2 Å². The average molecular weight is 294 g/mol. The van der Waals surface area contributed by atoms with E-state index in [9.17, 15) is 18.7 Å². The summed E-state index contributed by atoms with van der Waals surface area (Å²) in [5.41, 5.74) is 0.553. The third-order valence-corrected chi connectivity index (χ3v) is 2.29. The van der Waals surface area contributed by atoms with E-state index in [0.717, 1.165) is 0 Å². The van der Waals surface area contributed by atoms with Crippen molar-refractivity contribution in [2.24, 2.45) is 0 Å². The maximum atomic E-state index is 12.7. The van der Waals surface area contributed by atoms with Gasteiger partial charge in [0.2, 0.25) is 5.91 Å². The highest BCUT2D eigenvalue weighted by atomic mass is 79.9. The second-order valence-electron chi connectivity index (χ2n) is 3.25. The van der Waals surface area contributed by atoms with Gasteiger partial charge < -0.3 is 10.4 Å². The number of nitrogens with one attached hydrogen (secondary N) is 1. The molecule has 0 saturated carbocycles. The largest absolute Gasteiger partial charge is 0.381 e. The second kappa shape index (κ2) is 4.88. The summed E-state index contributed by atoms with van der Waals surface area (Å²) in [6.07, 6.45) is -1.92. The summed E-state index contributed by atoms with van der Waals surface area (Å²) < 4.78 is 25.4. The number of carbonyl (C=O) groups is 1. The number of alkyl halides is 3. The predicted molar refractivity (Wildman–Crippen MR) is 59.6 cm³/mol. The minimum atomic E-state index is -3.37. The van der Waals surface area contributed by atoms with Crippen molar-refractivity contribution in [2.75, 3.05) is 5.32 Å². The van der Waals surface area contributed by atoms with Gasteiger partial charge in [-0.25, -0.2) is 0 Å². The highest BCUT2D eigenvalue weighted by molar-refractivity contribution is 9.10. The van der Waals surface area contributed by atoms with E-state index in [1.165, 1.54) is 31.2 Å². The third-order valence-electron chi connectivity index (χ3n) is 1.86. The lowest BCUT2D eigenvalue weighted by Gasteiger charge is -2.16. The maximum absolute atomic E-state index is 12.7. The molecule has 0 aliphatic carbocycles. The molecule has 88 valence electrons. The van der Waals surface area contributed by atoms with Crippen LogP contribution in [0.1, 0.15) is 18.6 Å². The van der Waals surface area contributed by atoms with E-state index in [1.807, 2.05) is 0 Å². The van der Waals surface area contributed by atoms with Gasteiger partial charge in [0.1, 0.15) is 0 Å². The van der Waals surface area contributed by atoms with Crippen LogP contribution in [0.2, 0.25) is 0 Å². The predicted octanol–water partition coefficient (Wildman–Crippen LogP) is 2.67. The molecule has 1 atom stereocenters. The first kappa shape index (κ1) is 13.1. The van der Waals surface area contributed by atoms with Crippen LogP contribution in [-0.2, 0) is 4.79 Å². The number of amides is 1. The Kier molecular flexibility index (Phi) is 3.98. The highest BCUT2D eigenvalue weighted by Gasteiger charge is 2.35. The number of hydrogen-bond donors (Lipinski definition) is 2. The maximum Gasteiger partial charge on any atom is 0.330 e. The molecule has 2 N–H and O–H groups in total. The smallest absolute Gasteiger partial charge is 0.330 e. The molecule has 0 heterocycles. The number of carbonyl (C=O) groups excluding carboxylic acids is 1. The van der Waals surface area contributed by atoms with Crippen LogP contribution >= 0.6 is 15.9 Å². The fourth-order valence-corrected chi connectivity index (χ4v) is 1.41. The van der Waals surface area contributed by atoms with Gasteiger partial charge in [0.05, 0.1) is 0 Å². The number of hydrogen-bond acceptors (Lipinski definition) is 2. The van der Waals surface area contributed by atoms with Crippen molar-refractivity contribution in [2.45, 2.75) is 17.9 Å². The van der Waals surface area contributed by atoms with Gasteiger partial charge in [-0.05, 0) is 33.6 Å². The topological polar surface area (TPSA) is 49.3 Å². The summed E-state index contributed by atoms with van der Waals surface area (Å²) >= 11 is 2.09. The Morgan fingerprint density at radius 1 is 1.44 bits per heavy atom. The third kappa shape index (κ3) is 3.53. The van der Waals surface area contributed by atoms with Gasteiger partial charge in [-0.3, -0.25) is 4.79 Å². The number of aliphatic hydroxyl groups is 1. The van der Waals surface area contributed by atoms with Crippen molar-refractivity contribution in [3.8, 4) is 0 Å². The molecule has 1 aromatic carbocycles. The summed E-state index contributed by atoms with van der Waals surface area (Å²) in [6, 6.07) is 5.54. The van der Waals surface area contributed by atoms with Crippen molar-refractivity contribution in [3.05, 3.63) is 29.8 Å². The lowest BCUT2D eigenvalue weighted by Crippen LogP contribution is -2.18. The van der Waals surface area contributed by atoms with E-state index in [0.29, 0.717) is 5.69 Å². The van der Waals surface area contributed by atoms with Crippen LogP contribution in [0.5, 0.6) is 0 Å². The van der Waals surface area contributed by atoms with Gasteiger partial charge in [0, 0.05) is 12.6 Å². The van der Waals surface area contributed by atoms with Crippen molar-refractivity contribution in [1.82, 2.24) is 0 Å². The molecule has 16 heavy (non-hydrogen) atoms. The zero-order chi connectivity index (χ0) is 12.3. The monoisotopic (exact) mass is 293 g/mol. The zero-order valence-electron chi connectivity index (χ0n) is 8.38. The molecule has 0 aliphatic rings. The molecule has 1 amide bonds. The average Bonchev–Trinajstić information content (AvgIpc) is 2.15. The Morgan fingerprint density at radius 2 is 1.94 bits per heavy atom. The molecule has 0 bridgehead atoms. The summed E-state index contributed by atoms with van der Waals surface area (Å²) in [7, 11) is 0.